The Kier molecular flexibility index (Phi) is 5.44. The van der Waals surface area contributed by atoms with Crippen LogP contribution in [-0.2, 0) is 16.0 Å². The van der Waals surface area contributed by atoms with Gasteiger partial charge in [-0.15, -0.1) is 0 Å². The van der Waals surface area contributed by atoms with Crippen molar-refractivity contribution in [3.8, 4) is 0 Å². The van der Waals surface area contributed by atoms with E-state index in [-0.39, 0.29) is 6.42 Å². The first-order valence-corrected chi connectivity index (χ1v) is 5.64. The van der Waals surface area contributed by atoms with Crippen LogP contribution in [0.4, 0.5) is 13.2 Å². The monoisotopic (exact) mass is 300 g/mol. The summed E-state index contributed by atoms with van der Waals surface area (Å²) in [5.41, 5.74) is 0.390. The summed E-state index contributed by atoms with van der Waals surface area (Å²) in [6, 6.07) is 4.71. The van der Waals surface area contributed by atoms with E-state index < -0.39 is 25.2 Å². The highest BCUT2D eigenvalue weighted by Gasteiger charge is 2.27. The molecule has 1 rings (SSSR count). The molecule has 7 heteroatoms. The normalized spacial score (nSPS) is 11.6. The second-order valence-electron chi connectivity index (χ2n) is 3.52. The number of benzene rings is 1. The summed E-state index contributed by atoms with van der Waals surface area (Å²) in [5, 5.41) is 0.596. The van der Waals surface area contributed by atoms with Crippen molar-refractivity contribution in [3.05, 3.63) is 33.8 Å². The third-order valence-corrected chi connectivity index (χ3v) is 2.67. The molecule has 1 aromatic rings. The third-order valence-electron chi connectivity index (χ3n) is 1.96. The van der Waals surface area contributed by atoms with Crippen LogP contribution >= 0.6 is 23.2 Å². The van der Waals surface area contributed by atoms with Gasteiger partial charge < -0.3 is 4.74 Å². The highest BCUT2D eigenvalue weighted by atomic mass is 35.5. The average Bonchev–Trinajstić information content (AvgIpc) is 2.22. The van der Waals surface area contributed by atoms with Gasteiger partial charge >= 0.3 is 6.18 Å². The molecule has 0 unspecified atom stereocenters. The van der Waals surface area contributed by atoms with Gasteiger partial charge in [-0.2, -0.15) is 13.2 Å². The smallest absolute Gasteiger partial charge is 0.364 e. The predicted molar refractivity (Wildman–Crippen MR) is 62.0 cm³/mol. The number of rotatable bonds is 5. The van der Waals surface area contributed by atoms with Gasteiger partial charge in [-0.3, -0.25) is 4.79 Å². The van der Waals surface area contributed by atoms with Gasteiger partial charge in [0.2, 0.25) is 0 Å². The number of hydrogen-bond acceptors (Lipinski definition) is 2. The van der Waals surface area contributed by atoms with Gasteiger partial charge in [0.05, 0.1) is 0 Å². The Morgan fingerprint density at radius 2 is 1.78 bits per heavy atom. The molecule has 0 amide bonds. The Balaban J connectivity index is 2.50. The fourth-order valence-corrected chi connectivity index (χ4v) is 1.76. The number of carbonyl (C=O) groups is 1. The first-order chi connectivity index (χ1) is 8.29. The Hall–Kier alpha value is -0.780. The van der Waals surface area contributed by atoms with Crippen molar-refractivity contribution >= 4 is 29.0 Å². The minimum Gasteiger partial charge on any atom is -0.364 e. The minimum absolute atomic E-state index is 0.156. The highest BCUT2D eigenvalue weighted by molar-refractivity contribution is 6.36. The standard InChI is InChI=1S/C11H9Cl2F3O2/c12-9-2-1-3-10(13)8(9)4-7(17)5-18-6-11(14,15)16/h1-3H,4-6H2. The number of carbonyl (C=O) groups excluding carboxylic acids is 1. The lowest BCUT2D eigenvalue weighted by Crippen LogP contribution is -2.21. The van der Waals surface area contributed by atoms with Crippen molar-refractivity contribution in [2.75, 3.05) is 13.2 Å². The molecule has 100 valence electrons. The first kappa shape index (κ1) is 15.3. The van der Waals surface area contributed by atoms with Gasteiger partial charge in [-0.25, -0.2) is 0 Å². The van der Waals surface area contributed by atoms with Gasteiger partial charge in [-0.05, 0) is 17.7 Å². The van der Waals surface area contributed by atoms with Crippen LogP contribution in [0.2, 0.25) is 10.0 Å². The van der Waals surface area contributed by atoms with Crippen LogP contribution in [0.5, 0.6) is 0 Å². The summed E-state index contributed by atoms with van der Waals surface area (Å²) >= 11 is 11.6. The Bertz CT molecular complexity index is 413. The van der Waals surface area contributed by atoms with Crippen molar-refractivity contribution in [3.63, 3.8) is 0 Å². The van der Waals surface area contributed by atoms with Crippen LogP contribution in [0.25, 0.3) is 0 Å². The van der Waals surface area contributed by atoms with Gasteiger partial charge in [-0.1, -0.05) is 29.3 Å². The van der Waals surface area contributed by atoms with E-state index in [4.69, 9.17) is 23.2 Å². The van der Waals surface area contributed by atoms with Gasteiger partial charge in [0, 0.05) is 16.5 Å². The highest BCUT2D eigenvalue weighted by Crippen LogP contribution is 2.24. The molecule has 0 spiro atoms. The molecule has 0 atom stereocenters. The van der Waals surface area contributed by atoms with E-state index in [9.17, 15) is 18.0 Å². The number of halogens is 5. The number of ether oxygens (including phenoxy) is 1. The molecular formula is C11H9Cl2F3O2. The maximum atomic E-state index is 11.8. The van der Waals surface area contributed by atoms with Crippen molar-refractivity contribution in [2.45, 2.75) is 12.6 Å². The lowest BCUT2D eigenvalue weighted by molar-refractivity contribution is -0.175. The van der Waals surface area contributed by atoms with Crippen molar-refractivity contribution < 1.29 is 22.7 Å². The van der Waals surface area contributed by atoms with Gasteiger partial charge in [0.25, 0.3) is 0 Å². The Labute approximate surface area is 112 Å². The first-order valence-electron chi connectivity index (χ1n) is 4.88. The minimum atomic E-state index is -4.44. The maximum Gasteiger partial charge on any atom is 0.411 e. The molecule has 0 radical (unpaired) electrons. The molecule has 0 fully saturated rings. The SMILES string of the molecule is O=C(COCC(F)(F)F)Cc1c(Cl)cccc1Cl. The van der Waals surface area contributed by atoms with E-state index in [1.165, 1.54) is 0 Å². The number of ketones is 1. The van der Waals surface area contributed by atoms with E-state index in [0.29, 0.717) is 15.6 Å². The van der Waals surface area contributed by atoms with Gasteiger partial charge in [0.1, 0.15) is 13.2 Å². The molecule has 0 saturated heterocycles. The molecule has 0 aliphatic carbocycles. The Morgan fingerprint density at radius 3 is 2.28 bits per heavy atom. The maximum absolute atomic E-state index is 11.8. The number of Topliss-reactive ketones (excluding diaryl/α,β-unsaturated/α-hetero) is 1. The van der Waals surface area contributed by atoms with E-state index in [0.717, 1.165) is 0 Å². The van der Waals surface area contributed by atoms with Crippen LogP contribution in [0.1, 0.15) is 5.56 Å². The van der Waals surface area contributed by atoms with E-state index in [1.54, 1.807) is 18.2 Å². The summed E-state index contributed by atoms with van der Waals surface area (Å²) in [6.07, 6.45) is -4.60. The topological polar surface area (TPSA) is 26.3 Å². The second kappa shape index (κ2) is 6.41. The lowest BCUT2D eigenvalue weighted by Gasteiger charge is -2.08. The zero-order valence-electron chi connectivity index (χ0n) is 9.06. The average molecular weight is 301 g/mol. The number of hydrogen-bond donors (Lipinski definition) is 0. The predicted octanol–water partition coefficient (Wildman–Crippen LogP) is 3.68. The molecule has 18 heavy (non-hydrogen) atoms. The zero-order chi connectivity index (χ0) is 13.8. The van der Waals surface area contributed by atoms with Crippen molar-refractivity contribution in [2.24, 2.45) is 0 Å². The molecule has 0 aliphatic heterocycles. The fourth-order valence-electron chi connectivity index (χ4n) is 1.23. The largest absolute Gasteiger partial charge is 0.411 e. The molecule has 0 bridgehead atoms. The zero-order valence-corrected chi connectivity index (χ0v) is 10.6. The Morgan fingerprint density at radius 1 is 1.22 bits per heavy atom. The summed E-state index contributed by atoms with van der Waals surface area (Å²) in [6.45, 7) is -2.07. The van der Waals surface area contributed by atoms with Crippen molar-refractivity contribution in [1.29, 1.82) is 0 Å². The summed E-state index contributed by atoms with van der Waals surface area (Å²) in [4.78, 5) is 11.4. The second-order valence-corrected chi connectivity index (χ2v) is 4.34. The van der Waals surface area contributed by atoms with Crippen LogP contribution in [0, 0.1) is 0 Å². The molecule has 2 nitrogen and oxygen atoms in total. The summed E-state index contributed by atoms with van der Waals surface area (Å²) < 4.78 is 39.6. The van der Waals surface area contributed by atoms with Crippen molar-refractivity contribution in [1.82, 2.24) is 0 Å². The third kappa shape index (κ3) is 5.25. The van der Waals surface area contributed by atoms with Gasteiger partial charge in [0.15, 0.2) is 5.78 Å². The van der Waals surface area contributed by atoms with E-state index in [2.05, 4.69) is 4.74 Å². The summed E-state index contributed by atoms with van der Waals surface area (Å²) in [7, 11) is 0. The lowest BCUT2D eigenvalue weighted by atomic mass is 10.1. The molecule has 0 aromatic heterocycles. The molecular weight excluding hydrogens is 292 g/mol. The molecule has 0 saturated carbocycles. The van der Waals surface area contributed by atoms with Crippen LogP contribution < -0.4 is 0 Å². The quantitative estimate of drug-likeness (QED) is 0.829. The molecule has 0 aliphatic rings. The fraction of sp³-hybridized carbons (Fsp3) is 0.364. The van der Waals surface area contributed by atoms with E-state index in [1.807, 2.05) is 0 Å². The van der Waals surface area contributed by atoms with Crippen LogP contribution in [0.15, 0.2) is 18.2 Å². The van der Waals surface area contributed by atoms with E-state index >= 15 is 0 Å². The molecule has 1 aromatic carbocycles. The van der Waals surface area contributed by atoms with Crippen LogP contribution in [0.3, 0.4) is 0 Å². The van der Waals surface area contributed by atoms with Crippen LogP contribution in [-0.4, -0.2) is 25.2 Å². The number of alkyl halides is 3. The molecule has 0 N–H and O–H groups in total. The summed E-state index contributed by atoms with van der Waals surface area (Å²) in [5.74, 6) is -0.519. The molecule has 0 heterocycles.